The molecule has 0 radical (unpaired) electrons. The van der Waals surface area contributed by atoms with E-state index < -0.39 is 0 Å². The summed E-state index contributed by atoms with van der Waals surface area (Å²) < 4.78 is 0. The van der Waals surface area contributed by atoms with Crippen molar-refractivity contribution in [3.05, 3.63) is 11.1 Å². The first kappa shape index (κ1) is 14.5. The van der Waals surface area contributed by atoms with Crippen LogP contribution in [0.1, 0.15) is 46.2 Å². The molecular formula is C14H23N3OS. The molecule has 1 aromatic rings. The zero-order chi connectivity index (χ0) is 14.1. The zero-order valence-corrected chi connectivity index (χ0v) is 13.0. The first-order valence-corrected chi connectivity index (χ1v) is 7.67. The monoisotopic (exact) mass is 281 g/mol. The molecule has 4 nitrogen and oxygen atoms in total. The number of anilines is 1. The van der Waals surface area contributed by atoms with Gasteiger partial charge in [-0.3, -0.25) is 4.79 Å². The van der Waals surface area contributed by atoms with E-state index >= 15 is 0 Å². The predicted molar refractivity (Wildman–Crippen MR) is 79.7 cm³/mol. The van der Waals surface area contributed by atoms with Crippen LogP contribution in [0.3, 0.4) is 0 Å². The van der Waals surface area contributed by atoms with Gasteiger partial charge in [-0.1, -0.05) is 27.7 Å². The van der Waals surface area contributed by atoms with Crippen molar-refractivity contribution in [1.82, 2.24) is 10.3 Å². The number of piperidine rings is 1. The summed E-state index contributed by atoms with van der Waals surface area (Å²) in [5.41, 5.74) is 0.792. The molecule has 0 unspecified atom stereocenters. The maximum absolute atomic E-state index is 12.4. The summed E-state index contributed by atoms with van der Waals surface area (Å²) in [5, 5.41) is 9.02. The molecular weight excluding hydrogens is 258 g/mol. The van der Waals surface area contributed by atoms with Crippen LogP contribution in [0.15, 0.2) is 5.38 Å². The van der Waals surface area contributed by atoms with Crippen molar-refractivity contribution < 1.29 is 4.79 Å². The van der Waals surface area contributed by atoms with E-state index in [2.05, 4.69) is 36.4 Å². The standard InChI is InChI=1S/C14H23N3OS/c1-13(2,3)10-9-19-12(16-10)17-11(18)14(4)5-7-15-8-6-14/h9,15H,5-8H2,1-4H3,(H,16,17,18). The van der Waals surface area contributed by atoms with Crippen LogP contribution in [0.5, 0.6) is 0 Å². The average molecular weight is 281 g/mol. The minimum Gasteiger partial charge on any atom is -0.317 e. The summed E-state index contributed by atoms with van der Waals surface area (Å²) in [6.45, 7) is 10.2. The second-order valence-corrected chi connectivity index (χ2v) is 7.41. The molecule has 0 bridgehead atoms. The highest BCUT2D eigenvalue weighted by atomic mass is 32.1. The summed E-state index contributed by atoms with van der Waals surface area (Å²) in [6.07, 6.45) is 1.77. The molecule has 0 saturated carbocycles. The molecule has 1 amide bonds. The molecule has 106 valence electrons. The number of aromatic nitrogens is 1. The molecule has 2 heterocycles. The third-order valence-electron chi connectivity index (χ3n) is 3.75. The van der Waals surface area contributed by atoms with Crippen LogP contribution in [0, 0.1) is 5.41 Å². The van der Waals surface area contributed by atoms with Crippen LogP contribution in [-0.2, 0) is 10.2 Å². The Labute approximate surface area is 119 Å². The third kappa shape index (κ3) is 3.34. The first-order valence-electron chi connectivity index (χ1n) is 6.79. The predicted octanol–water partition coefficient (Wildman–Crippen LogP) is 2.77. The quantitative estimate of drug-likeness (QED) is 0.876. The largest absolute Gasteiger partial charge is 0.317 e. The molecule has 2 N–H and O–H groups in total. The lowest BCUT2D eigenvalue weighted by atomic mass is 9.80. The van der Waals surface area contributed by atoms with Crippen molar-refractivity contribution in [3.8, 4) is 0 Å². The molecule has 19 heavy (non-hydrogen) atoms. The molecule has 0 aromatic carbocycles. The van der Waals surface area contributed by atoms with Gasteiger partial charge < -0.3 is 10.6 Å². The number of thiazole rings is 1. The van der Waals surface area contributed by atoms with Gasteiger partial charge in [-0.2, -0.15) is 0 Å². The van der Waals surface area contributed by atoms with Gasteiger partial charge in [-0.05, 0) is 25.9 Å². The number of hydrogen-bond donors (Lipinski definition) is 2. The summed E-state index contributed by atoms with van der Waals surface area (Å²) in [4.78, 5) is 16.9. The van der Waals surface area contributed by atoms with Crippen LogP contribution >= 0.6 is 11.3 Å². The Bertz CT molecular complexity index is 456. The highest BCUT2D eigenvalue weighted by molar-refractivity contribution is 7.13. The van der Waals surface area contributed by atoms with E-state index in [-0.39, 0.29) is 16.7 Å². The molecule has 1 aliphatic heterocycles. The Morgan fingerprint density at radius 3 is 2.58 bits per heavy atom. The molecule has 1 aromatic heterocycles. The van der Waals surface area contributed by atoms with E-state index in [9.17, 15) is 4.79 Å². The number of hydrogen-bond acceptors (Lipinski definition) is 4. The molecule has 1 aliphatic rings. The SMILES string of the molecule is CC1(C(=O)Nc2nc(C(C)(C)C)cs2)CCNCC1. The number of nitrogens with zero attached hydrogens (tertiary/aromatic N) is 1. The average Bonchev–Trinajstić information content (AvgIpc) is 2.78. The Hall–Kier alpha value is -0.940. The highest BCUT2D eigenvalue weighted by Gasteiger charge is 2.35. The maximum atomic E-state index is 12.4. The van der Waals surface area contributed by atoms with Crippen LogP contribution in [0.2, 0.25) is 0 Å². The van der Waals surface area contributed by atoms with Gasteiger partial charge in [-0.15, -0.1) is 11.3 Å². The normalized spacial score (nSPS) is 19.2. The second kappa shape index (κ2) is 5.21. The molecule has 2 rings (SSSR count). The minimum atomic E-state index is -0.265. The lowest BCUT2D eigenvalue weighted by Gasteiger charge is -2.32. The van der Waals surface area contributed by atoms with E-state index in [1.807, 2.05) is 12.3 Å². The number of rotatable bonds is 2. The van der Waals surface area contributed by atoms with Crippen LogP contribution in [0.4, 0.5) is 5.13 Å². The maximum Gasteiger partial charge on any atom is 0.232 e. The lowest BCUT2D eigenvalue weighted by molar-refractivity contribution is -0.126. The van der Waals surface area contributed by atoms with Gasteiger partial charge in [0.1, 0.15) is 0 Å². The molecule has 0 aliphatic carbocycles. The lowest BCUT2D eigenvalue weighted by Crippen LogP contribution is -2.42. The van der Waals surface area contributed by atoms with Crippen LogP contribution < -0.4 is 10.6 Å². The molecule has 5 heteroatoms. The number of nitrogens with one attached hydrogen (secondary N) is 2. The van der Waals surface area contributed by atoms with E-state index in [1.165, 1.54) is 11.3 Å². The van der Waals surface area contributed by atoms with Gasteiger partial charge in [0.2, 0.25) is 5.91 Å². The summed E-state index contributed by atoms with van der Waals surface area (Å²) in [5.74, 6) is 0.101. The van der Waals surface area contributed by atoms with Gasteiger partial charge in [0.05, 0.1) is 5.69 Å². The number of carbonyl (C=O) groups is 1. The Kier molecular flexibility index (Phi) is 3.97. The second-order valence-electron chi connectivity index (χ2n) is 6.55. The topological polar surface area (TPSA) is 54.0 Å². The van der Waals surface area contributed by atoms with Crippen molar-refractivity contribution >= 4 is 22.4 Å². The Balaban J connectivity index is 2.04. The first-order chi connectivity index (χ1) is 8.81. The molecule has 1 saturated heterocycles. The molecule has 0 spiro atoms. The fraction of sp³-hybridized carbons (Fsp3) is 0.714. The van der Waals surface area contributed by atoms with Gasteiger partial charge >= 0.3 is 0 Å². The van der Waals surface area contributed by atoms with Crippen molar-refractivity contribution in [3.63, 3.8) is 0 Å². The smallest absolute Gasteiger partial charge is 0.232 e. The van der Waals surface area contributed by atoms with Crippen molar-refractivity contribution in [2.45, 2.75) is 46.0 Å². The van der Waals surface area contributed by atoms with Gasteiger partial charge in [-0.25, -0.2) is 4.98 Å². The minimum absolute atomic E-state index is 0.0259. The summed E-state index contributed by atoms with van der Waals surface area (Å²) >= 11 is 1.51. The number of carbonyl (C=O) groups excluding carboxylic acids is 1. The van der Waals surface area contributed by atoms with E-state index in [0.29, 0.717) is 0 Å². The Morgan fingerprint density at radius 2 is 2.05 bits per heavy atom. The van der Waals surface area contributed by atoms with Gasteiger partial charge in [0.15, 0.2) is 5.13 Å². The van der Waals surface area contributed by atoms with E-state index in [1.54, 1.807) is 0 Å². The summed E-state index contributed by atoms with van der Waals surface area (Å²) in [6, 6.07) is 0. The highest BCUT2D eigenvalue weighted by Crippen LogP contribution is 2.31. The van der Waals surface area contributed by atoms with Crippen molar-refractivity contribution in [2.24, 2.45) is 5.41 Å². The van der Waals surface area contributed by atoms with Crippen molar-refractivity contribution in [2.75, 3.05) is 18.4 Å². The van der Waals surface area contributed by atoms with E-state index in [0.717, 1.165) is 36.8 Å². The van der Waals surface area contributed by atoms with E-state index in [4.69, 9.17) is 0 Å². The molecule has 0 atom stereocenters. The number of amides is 1. The van der Waals surface area contributed by atoms with Crippen LogP contribution in [-0.4, -0.2) is 24.0 Å². The molecule has 1 fully saturated rings. The Morgan fingerprint density at radius 1 is 1.42 bits per heavy atom. The van der Waals surface area contributed by atoms with Gasteiger partial charge in [0, 0.05) is 16.2 Å². The third-order valence-corrected chi connectivity index (χ3v) is 4.51. The fourth-order valence-corrected chi connectivity index (χ4v) is 3.06. The fourth-order valence-electron chi connectivity index (χ4n) is 2.13. The van der Waals surface area contributed by atoms with Crippen LogP contribution in [0.25, 0.3) is 0 Å². The zero-order valence-electron chi connectivity index (χ0n) is 12.2. The van der Waals surface area contributed by atoms with Crippen molar-refractivity contribution in [1.29, 1.82) is 0 Å². The summed E-state index contributed by atoms with van der Waals surface area (Å²) in [7, 11) is 0. The van der Waals surface area contributed by atoms with Gasteiger partial charge in [0.25, 0.3) is 0 Å².